The molecule has 1 heterocycles. The van der Waals surface area contributed by atoms with Crippen LogP contribution >= 0.6 is 11.6 Å². The third-order valence-electron chi connectivity index (χ3n) is 4.55. The molecular weight excluding hydrogens is 324 g/mol. The molecule has 0 spiro atoms. The molecule has 3 rings (SSSR count). The Morgan fingerprint density at radius 1 is 1.33 bits per heavy atom. The number of nitrogen functional groups attached to an aromatic ring is 1. The molecule has 0 saturated heterocycles. The van der Waals surface area contributed by atoms with E-state index in [1.54, 1.807) is 6.07 Å². The molecule has 2 aromatic carbocycles. The Kier molecular flexibility index (Phi) is 4.18. The molecule has 24 heavy (non-hydrogen) atoms. The third-order valence-corrected chi connectivity index (χ3v) is 4.77. The van der Waals surface area contributed by atoms with Crippen LogP contribution in [0.5, 0.6) is 0 Å². The topological polar surface area (TPSA) is 64.3 Å². The van der Waals surface area contributed by atoms with E-state index in [2.05, 4.69) is 25.2 Å². The number of anilines is 2. The number of nitrogens with one attached hydrogen (secondary N) is 1. The van der Waals surface area contributed by atoms with Crippen molar-refractivity contribution < 1.29 is 9.53 Å². The predicted molar refractivity (Wildman–Crippen MR) is 97.5 cm³/mol. The molecule has 5 heteroatoms. The van der Waals surface area contributed by atoms with Gasteiger partial charge in [-0.2, -0.15) is 0 Å². The van der Waals surface area contributed by atoms with Gasteiger partial charge in [0, 0.05) is 10.7 Å². The molecule has 0 fully saturated rings. The van der Waals surface area contributed by atoms with Crippen molar-refractivity contribution in [2.24, 2.45) is 5.41 Å². The number of ether oxygens (including phenoxy) is 1. The minimum absolute atomic E-state index is 0.0260. The van der Waals surface area contributed by atoms with Gasteiger partial charge < -0.3 is 15.8 Å². The van der Waals surface area contributed by atoms with Crippen molar-refractivity contribution in [3.63, 3.8) is 0 Å². The van der Waals surface area contributed by atoms with E-state index in [1.165, 1.54) is 7.11 Å². The van der Waals surface area contributed by atoms with E-state index in [-0.39, 0.29) is 11.5 Å². The van der Waals surface area contributed by atoms with Crippen LogP contribution in [0.1, 0.15) is 41.4 Å². The van der Waals surface area contributed by atoms with Crippen LogP contribution in [0.3, 0.4) is 0 Å². The molecule has 1 aliphatic rings. The Hall–Kier alpha value is -2.20. The fraction of sp³-hybridized carbons (Fsp3) is 0.316. The minimum atomic E-state index is -0.396. The van der Waals surface area contributed by atoms with Gasteiger partial charge in [-0.1, -0.05) is 37.6 Å². The molecule has 0 aliphatic carbocycles. The zero-order valence-corrected chi connectivity index (χ0v) is 14.8. The lowest BCUT2D eigenvalue weighted by Gasteiger charge is -2.42. The van der Waals surface area contributed by atoms with Crippen LogP contribution < -0.4 is 11.1 Å². The number of benzene rings is 2. The summed E-state index contributed by atoms with van der Waals surface area (Å²) in [4.78, 5) is 12.2. The number of nitrogens with two attached hydrogens (primary N) is 1. The zero-order valence-electron chi connectivity index (χ0n) is 14.0. The summed E-state index contributed by atoms with van der Waals surface area (Å²) in [6.07, 6.45) is 0.791. The molecular formula is C19H21ClN2O2. The monoisotopic (exact) mass is 344 g/mol. The standard InChI is InChI=1S/C19H21ClN2O2/c1-19(2)10-12-7-13(20)9-15(18(23)24-3)16(12)22-17(19)11-5-4-6-14(21)8-11/h4-9,17,22H,10,21H2,1-3H3. The maximum absolute atomic E-state index is 12.2. The molecule has 0 saturated carbocycles. The third kappa shape index (κ3) is 2.94. The van der Waals surface area contributed by atoms with Crippen molar-refractivity contribution in [2.45, 2.75) is 26.3 Å². The van der Waals surface area contributed by atoms with E-state index in [0.29, 0.717) is 10.6 Å². The highest BCUT2D eigenvalue weighted by atomic mass is 35.5. The van der Waals surface area contributed by atoms with E-state index in [0.717, 1.165) is 28.9 Å². The van der Waals surface area contributed by atoms with E-state index in [9.17, 15) is 4.79 Å². The zero-order chi connectivity index (χ0) is 17.5. The summed E-state index contributed by atoms with van der Waals surface area (Å²) in [5, 5.41) is 4.06. The fourth-order valence-corrected chi connectivity index (χ4v) is 3.69. The van der Waals surface area contributed by atoms with Crippen molar-refractivity contribution in [1.29, 1.82) is 0 Å². The number of fused-ring (bicyclic) bond motifs is 1. The van der Waals surface area contributed by atoms with Gasteiger partial charge in [-0.25, -0.2) is 4.79 Å². The van der Waals surface area contributed by atoms with Gasteiger partial charge in [-0.3, -0.25) is 0 Å². The Bertz CT molecular complexity index is 802. The van der Waals surface area contributed by atoms with Crippen molar-refractivity contribution in [1.82, 2.24) is 0 Å². The van der Waals surface area contributed by atoms with Gasteiger partial charge in [0.05, 0.1) is 24.4 Å². The molecule has 4 nitrogen and oxygen atoms in total. The molecule has 1 aliphatic heterocycles. The van der Waals surface area contributed by atoms with Gasteiger partial charge in [0.25, 0.3) is 0 Å². The largest absolute Gasteiger partial charge is 0.465 e. The number of halogens is 1. The average molecular weight is 345 g/mol. The molecule has 0 aromatic heterocycles. The Morgan fingerprint density at radius 3 is 2.75 bits per heavy atom. The Balaban J connectivity index is 2.11. The van der Waals surface area contributed by atoms with Crippen molar-refractivity contribution in [3.05, 3.63) is 58.1 Å². The first-order valence-electron chi connectivity index (χ1n) is 7.84. The maximum atomic E-state index is 12.2. The van der Waals surface area contributed by atoms with Gasteiger partial charge >= 0.3 is 5.97 Å². The van der Waals surface area contributed by atoms with Crippen LogP contribution in [0, 0.1) is 5.41 Å². The van der Waals surface area contributed by atoms with E-state index < -0.39 is 5.97 Å². The van der Waals surface area contributed by atoms with Crippen LogP contribution in [0.25, 0.3) is 0 Å². The molecule has 0 bridgehead atoms. The number of carbonyl (C=O) groups excluding carboxylic acids is 1. The summed E-state index contributed by atoms with van der Waals surface area (Å²) >= 11 is 6.20. The summed E-state index contributed by atoms with van der Waals surface area (Å²) in [5.41, 5.74) is 9.97. The predicted octanol–water partition coefficient (Wildman–Crippen LogP) is 4.44. The van der Waals surface area contributed by atoms with Crippen LogP contribution in [-0.2, 0) is 11.2 Å². The lowest BCUT2D eigenvalue weighted by Crippen LogP contribution is -2.35. The molecule has 3 N–H and O–H groups in total. The molecule has 2 aromatic rings. The quantitative estimate of drug-likeness (QED) is 0.624. The number of methoxy groups -OCH3 is 1. The minimum Gasteiger partial charge on any atom is -0.465 e. The maximum Gasteiger partial charge on any atom is 0.340 e. The fourth-order valence-electron chi connectivity index (χ4n) is 3.45. The van der Waals surface area contributed by atoms with Gasteiger partial charge in [0.1, 0.15) is 0 Å². The average Bonchev–Trinajstić information content (AvgIpc) is 2.51. The summed E-state index contributed by atoms with van der Waals surface area (Å²) < 4.78 is 4.91. The second-order valence-corrected chi connectivity index (χ2v) is 7.33. The van der Waals surface area contributed by atoms with Crippen LogP contribution in [0.15, 0.2) is 36.4 Å². The summed E-state index contributed by atoms with van der Waals surface area (Å²) in [6.45, 7) is 4.38. The smallest absolute Gasteiger partial charge is 0.340 e. The number of esters is 1. The molecule has 1 unspecified atom stereocenters. The normalized spacial score (nSPS) is 18.4. The molecule has 1 atom stereocenters. The molecule has 0 amide bonds. The first kappa shape index (κ1) is 16.7. The Labute approximate surface area is 147 Å². The molecule has 126 valence electrons. The van der Waals surface area contributed by atoms with E-state index in [4.69, 9.17) is 22.1 Å². The number of hydrogen-bond donors (Lipinski definition) is 2. The highest BCUT2D eigenvalue weighted by molar-refractivity contribution is 6.31. The van der Waals surface area contributed by atoms with Crippen molar-refractivity contribution in [3.8, 4) is 0 Å². The van der Waals surface area contributed by atoms with Crippen LogP contribution in [0.2, 0.25) is 5.02 Å². The van der Waals surface area contributed by atoms with Crippen LogP contribution in [0.4, 0.5) is 11.4 Å². The summed E-state index contributed by atoms with van der Waals surface area (Å²) in [5.74, 6) is -0.396. The summed E-state index contributed by atoms with van der Waals surface area (Å²) in [6, 6.07) is 11.4. The second-order valence-electron chi connectivity index (χ2n) is 6.89. The first-order chi connectivity index (χ1) is 11.3. The van der Waals surface area contributed by atoms with E-state index >= 15 is 0 Å². The van der Waals surface area contributed by atoms with Gasteiger partial charge in [0.2, 0.25) is 0 Å². The van der Waals surface area contributed by atoms with Gasteiger partial charge in [-0.15, -0.1) is 0 Å². The SMILES string of the molecule is COC(=O)c1cc(Cl)cc2c1NC(c1cccc(N)c1)C(C)(C)C2. The first-order valence-corrected chi connectivity index (χ1v) is 8.22. The number of rotatable bonds is 2. The highest BCUT2D eigenvalue weighted by Gasteiger charge is 2.37. The van der Waals surface area contributed by atoms with Crippen LogP contribution in [-0.4, -0.2) is 13.1 Å². The lowest BCUT2D eigenvalue weighted by molar-refractivity contribution is 0.0601. The van der Waals surface area contributed by atoms with Gasteiger partial charge in [0.15, 0.2) is 0 Å². The number of carbonyl (C=O) groups is 1. The number of hydrogen-bond acceptors (Lipinski definition) is 4. The highest BCUT2D eigenvalue weighted by Crippen LogP contribution is 2.46. The van der Waals surface area contributed by atoms with Crippen molar-refractivity contribution in [2.75, 3.05) is 18.2 Å². The summed E-state index contributed by atoms with van der Waals surface area (Å²) in [7, 11) is 1.37. The van der Waals surface area contributed by atoms with Gasteiger partial charge in [-0.05, 0) is 47.2 Å². The van der Waals surface area contributed by atoms with E-state index in [1.807, 2.05) is 24.3 Å². The Morgan fingerprint density at radius 2 is 2.08 bits per heavy atom. The van der Waals surface area contributed by atoms with Crippen molar-refractivity contribution >= 4 is 28.9 Å². The second kappa shape index (κ2) is 6.02. The lowest BCUT2D eigenvalue weighted by atomic mass is 9.72. The molecule has 0 radical (unpaired) electrons.